The molecular formula is C76H91F2N11O12. The normalized spacial score (nSPS) is 14.2. The summed E-state index contributed by atoms with van der Waals surface area (Å²) in [6.07, 6.45) is 2.49. The van der Waals surface area contributed by atoms with Crippen molar-refractivity contribution in [3.63, 3.8) is 0 Å². The molecule has 3 fully saturated rings. The van der Waals surface area contributed by atoms with E-state index >= 15 is 0 Å². The summed E-state index contributed by atoms with van der Waals surface area (Å²) in [5.74, 6) is 0.132. The van der Waals surface area contributed by atoms with Gasteiger partial charge in [-0.05, 0) is 178 Å². The molecule has 0 spiro atoms. The summed E-state index contributed by atoms with van der Waals surface area (Å²) in [6, 6.07) is 33.3. The van der Waals surface area contributed by atoms with Gasteiger partial charge in [-0.1, -0.05) is 48.5 Å². The Balaban J connectivity index is 0.000000202. The number of ketones is 2. The number of aromatic nitrogens is 3. The number of nitrogens with one attached hydrogen (secondary N) is 3. The second-order valence-corrected chi connectivity index (χ2v) is 28.3. The van der Waals surface area contributed by atoms with Crippen LogP contribution in [-0.4, -0.2) is 173 Å². The van der Waals surface area contributed by atoms with Gasteiger partial charge in [-0.2, -0.15) is 0 Å². The zero-order valence-electron chi connectivity index (χ0n) is 59.5. The molecule has 3 aliphatic rings. The Labute approximate surface area is 588 Å². The van der Waals surface area contributed by atoms with Crippen molar-refractivity contribution in [2.75, 3.05) is 104 Å². The van der Waals surface area contributed by atoms with E-state index in [0.29, 0.717) is 120 Å². The van der Waals surface area contributed by atoms with Crippen LogP contribution >= 0.6 is 0 Å². The number of pyridine rings is 3. The molecule has 4 N–H and O–H groups in total. The molecule has 0 atom stereocenters. The minimum Gasteiger partial charge on any atom is -0.478 e. The largest absolute Gasteiger partial charge is 0.478 e. The van der Waals surface area contributed by atoms with Crippen LogP contribution in [0.25, 0.3) is 22.3 Å². The number of benzene rings is 4. The summed E-state index contributed by atoms with van der Waals surface area (Å²) >= 11 is 0. The number of halogens is 2. The number of Topliss-reactive ketones (excluding diaryl/α,β-unsaturated/α-hetero) is 2. The third kappa shape index (κ3) is 23.3. The lowest BCUT2D eigenvalue weighted by molar-refractivity contribution is 0.0230. The number of amides is 4. The lowest BCUT2D eigenvalue weighted by atomic mass is 9.97. The van der Waals surface area contributed by atoms with Crippen LogP contribution in [0.3, 0.4) is 0 Å². The number of hydrogen-bond acceptors (Lipinski definition) is 18. The fourth-order valence-corrected chi connectivity index (χ4v) is 10.8. The van der Waals surface area contributed by atoms with Gasteiger partial charge >= 0.3 is 30.3 Å². The Bertz CT molecular complexity index is 4030. The quantitative estimate of drug-likeness (QED) is 0.0582. The topological polar surface area (TPSA) is 268 Å². The third-order valence-corrected chi connectivity index (χ3v) is 15.6. The highest BCUT2D eigenvalue weighted by molar-refractivity contribution is 6.00. The number of piperazine rings is 3. The van der Waals surface area contributed by atoms with Gasteiger partial charge in [-0.15, -0.1) is 0 Å². The van der Waals surface area contributed by atoms with Crippen LogP contribution in [0.1, 0.15) is 125 Å². The van der Waals surface area contributed by atoms with E-state index in [2.05, 4.69) is 40.7 Å². The summed E-state index contributed by atoms with van der Waals surface area (Å²) in [7, 11) is 0. The SMILES string of the molecule is CC(C)(C)OC(=O)N1CCN(c2ccc(C(=O)O)cn2)CC1.CC(C)(C)OC(=O)Nc1ccc(-c2ccccc2F)cc1CC(=O)c1ccc(N2CCN(C(=O)OC(C)(C)C)CC2)nc1.CC(C)(C)OC(=O)Nc1ccc(-c2ccccc2F)cc1CC(=O)c1ccc(N2CCNCC2)nc1. The predicted molar refractivity (Wildman–Crippen MR) is 384 cm³/mol. The molecule has 3 aliphatic heterocycles. The third-order valence-electron chi connectivity index (χ3n) is 15.6. The first kappa shape index (κ1) is 76.2. The van der Waals surface area contributed by atoms with Crippen molar-refractivity contribution < 1.29 is 66.4 Å². The van der Waals surface area contributed by atoms with Gasteiger partial charge in [-0.3, -0.25) is 20.2 Å². The Morgan fingerprint density at radius 2 is 0.772 bits per heavy atom. The molecule has 3 saturated heterocycles. The summed E-state index contributed by atoms with van der Waals surface area (Å²) in [5, 5.41) is 17.6. The zero-order valence-corrected chi connectivity index (χ0v) is 59.5. The van der Waals surface area contributed by atoms with Crippen molar-refractivity contribution in [2.24, 2.45) is 0 Å². The Hall–Kier alpha value is -10.6. The number of anilines is 5. The highest BCUT2D eigenvalue weighted by Gasteiger charge is 2.30. The summed E-state index contributed by atoms with van der Waals surface area (Å²) < 4.78 is 50.6. The molecule has 0 aliphatic carbocycles. The van der Waals surface area contributed by atoms with Gasteiger partial charge < -0.3 is 53.9 Å². The average molecular weight is 1390 g/mol. The second kappa shape index (κ2) is 33.5. The highest BCUT2D eigenvalue weighted by atomic mass is 19.1. The van der Waals surface area contributed by atoms with Crippen molar-refractivity contribution in [1.29, 1.82) is 0 Å². The molecule has 3 aromatic heterocycles. The van der Waals surface area contributed by atoms with Crippen LogP contribution in [0.5, 0.6) is 0 Å². The number of aromatic carboxylic acids is 1. The maximum absolute atomic E-state index is 14.6. The molecular weight excluding hydrogens is 1300 g/mol. The first-order valence-electron chi connectivity index (χ1n) is 33.5. The van der Waals surface area contributed by atoms with Crippen LogP contribution in [0, 0.1) is 11.6 Å². The summed E-state index contributed by atoms with van der Waals surface area (Å²) in [6.45, 7) is 29.7. The first-order valence-corrected chi connectivity index (χ1v) is 33.5. The van der Waals surface area contributed by atoms with Gasteiger partial charge in [0.05, 0.1) is 5.56 Å². The molecule has 0 bridgehead atoms. The molecule has 4 aromatic carbocycles. The monoisotopic (exact) mass is 1390 g/mol. The van der Waals surface area contributed by atoms with E-state index in [1.807, 2.05) is 52.5 Å². The van der Waals surface area contributed by atoms with Crippen molar-refractivity contribution in [2.45, 2.75) is 118 Å². The minimum absolute atomic E-state index is 0.00207. The van der Waals surface area contributed by atoms with Gasteiger partial charge in [-0.25, -0.2) is 47.7 Å². The van der Waals surface area contributed by atoms with Gasteiger partial charge in [0.2, 0.25) is 0 Å². The van der Waals surface area contributed by atoms with E-state index in [1.54, 1.807) is 155 Å². The predicted octanol–water partition coefficient (Wildman–Crippen LogP) is 13.6. The van der Waals surface area contributed by atoms with Gasteiger partial charge in [0.1, 0.15) is 51.5 Å². The average Bonchev–Trinajstić information content (AvgIpc) is 0.820. The summed E-state index contributed by atoms with van der Waals surface area (Å²) in [4.78, 5) is 109. The number of ether oxygens (including phenoxy) is 4. The number of carboxylic acid groups (broad SMARTS) is 1. The van der Waals surface area contributed by atoms with Gasteiger partial charge in [0.25, 0.3) is 0 Å². The maximum Gasteiger partial charge on any atom is 0.412 e. The van der Waals surface area contributed by atoms with Crippen LogP contribution < -0.4 is 30.7 Å². The van der Waals surface area contributed by atoms with Crippen molar-refractivity contribution >= 4 is 70.7 Å². The molecule has 4 amide bonds. The number of hydrogen-bond donors (Lipinski definition) is 4. The molecule has 536 valence electrons. The molecule has 6 heterocycles. The Morgan fingerprint density at radius 1 is 0.436 bits per heavy atom. The van der Waals surface area contributed by atoms with E-state index in [4.69, 9.17) is 24.1 Å². The number of carbonyl (C=O) groups excluding carboxylic acids is 6. The molecule has 0 unspecified atom stereocenters. The maximum atomic E-state index is 14.6. The number of rotatable bonds is 14. The van der Waals surface area contributed by atoms with E-state index in [-0.39, 0.29) is 53.8 Å². The molecule has 0 saturated carbocycles. The molecule has 10 rings (SSSR count). The minimum atomic E-state index is -0.992. The van der Waals surface area contributed by atoms with Crippen LogP contribution in [0.15, 0.2) is 140 Å². The van der Waals surface area contributed by atoms with E-state index in [1.165, 1.54) is 30.6 Å². The molecule has 101 heavy (non-hydrogen) atoms. The fraction of sp³-hybridized carbons (Fsp3) is 0.395. The van der Waals surface area contributed by atoms with E-state index in [0.717, 1.165) is 32.0 Å². The molecule has 23 nitrogen and oxygen atoms in total. The number of carboxylic acids is 1. The van der Waals surface area contributed by atoms with Crippen molar-refractivity contribution in [3.05, 3.63) is 179 Å². The van der Waals surface area contributed by atoms with E-state index < -0.39 is 40.6 Å². The smallest absolute Gasteiger partial charge is 0.412 e. The van der Waals surface area contributed by atoms with Gasteiger partial charge in [0, 0.05) is 144 Å². The number of carbonyl (C=O) groups is 7. The number of nitrogens with zero attached hydrogens (tertiary/aromatic N) is 8. The van der Waals surface area contributed by atoms with Crippen molar-refractivity contribution in [1.82, 2.24) is 30.1 Å². The van der Waals surface area contributed by atoms with Crippen LogP contribution in [0.4, 0.5) is 56.8 Å². The highest BCUT2D eigenvalue weighted by Crippen LogP contribution is 2.32. The van der Waals surface area contributed by atoms with Crippen LogP contribution in [0.2, 0.25) is 0 Å². The zero-order chi connectivity index (χ0) is 73.4. The first-order chi connectivity index (χ1) is 47.6. The lowest BCUT2D eigenvalue weighted by Crippen LogP contribution is -2.50. The standard InChI is InChI=1S/C33H39FN4O5.C28H31FN4O3.C15H21N3O4/c1-32(2,3)42-30(40)36-27-13-11-22(25-9-7-8-10-26(25)34)19-24(27)20-28(39)23-12-14-29(35-21-23)37-15-17-38(18-16-37)31(41)43-33(4,5)6;1-28(2,3)36-27(35)32-24-10-8-19(22-6-4-5-7-23(22)29)16-21(24)17-25(34)20-9-11-26(31-18-20)33-14-12-30-13-15-33;1-15(2,3)22-14(21)18-8-6-17(7-9-18)12-5-4-11(10-16-12)13(19)20/h7-14,19,21H,15-18,20H2,1-6H3,(H,36,40);4-11,16,18,30H,12-15,17H2,1-3H3,(H,32,35);4-5,10H,6-9H2,1-3H3,(H,19,20). The molecule has 25 heteroatoms. The van der Waals surface area contributed by atoms with E-state index in [9.17, 15) is 42.3 Å². The Kier molecular flexibility index (Phi) is 25.3. The van der Waals surface area contributed by atoms with Crippen LogP contribution in [-0.2, 0) is 31.8 Å². The lowest BCUT2D eigenvalue weighted by Gasteiger charge is -2.36. The van der Waals surface area contributed by atoms with Crippen molar-refractivity contribution in [3.8, 4) is 22.3 Å². The fourth-order valence-electron chi connectivity index (χ4n) is 10.8. The second-order valence-electron chi connectivity index (χ2n) is 28.3. The van der Waals surface area contributed by atoms with Gasteiger partial charge in [0.15, 0.2) is 11.6 Å². The Morgan fingerprint density at radius 3 is 1.09 bits per heavy atom. The summed E-state index contributed by atoms with van der Waals surface area (Å²) in [5.41, 5.74) is 2.48. The molecule has 7 aromatic rings. The molecule has 0 radical (unpaired) electrons.